The molecule has 4 nitrogen and oxygen atoms in total. The zero-order valence-electron chi connectivity index (χ0n) is 12.4. The van der Waals surface area contributed by atoms with Crippen LogP contribution in [0.25, 0.3) is 0 Å². The van der Waals surface area contributed by atoms with Crippen molar-refractivity contribution in [2.24, 2.45) is 5.84 Å². The van der Waals surface area contributed by atoms with Gasteiger partial charge in [0.1, 0.15) is 11.6 Å². The van der Waals surface area contributed by atoms with E-state index in [2.05, 4.69) is 57.3 Å². The maximum atomic E-state index is 5.60. The Morgan fingerprint density at radius 1 is 1.24 bits per heavy atom. The Labute approximate surface area is 138 Å². The molecule has 3 N–H and O–H groups in total. The lowest BCUT2D eigenvalue weighted by Gasteiger charge is -2.15. The van der Waals surface area contributed by atoms with Crippen molar-refractivity contribution < 1.29 is 0 Å². The fourth-order valence-corrected chi connectivity index (χ4v) is 3.20. The summed E-state index contributed by atoms with van der Waals surface area (Å²) in [5.41, 5.74) is 4.76. The molecule has 1 aromatic carbocycles. The average molecular weight is 367 g/mol. The van der Waals surface area contributed by atoms with Crippen molar-refractivity contribution in [3.05, 3.63) is 45.8 Å². The number of hydrogen-bond donors (Lipinski definition) is 2. The Morgan fingerprint density at radius 3 is 2.48 bits per heavy atom. The van der Waals surface area contributed by atoms with Crippen LogP contribution in [0.1, 0.15) is 36.8 Å². The highest BCUT2D eigenvalue weighted by Crippen LogP contribution is 2.27. The van der Waals surface area contributed by atoms with Crippen molar-refractivity contribution in [3.63, 3.8) is 0 Å². The molecule has 2 aromatic rings. The fraction of sp³-hybridized carbons (Fsp3) is 0.333. The molecule has 1 aromatic heterocycles. The average Bonchev–Trinajstić information content (AvgIpc) is 2.45. The van der Waals surface area contributed by atoms with Gasteiger partial charge in [0.05, 0.1) is 5.75 Å². The Hall–Kier alpha value is -1.11. The molecule has 6 heteroatoms. The van der Waals surface area contributed by atoms with Gasteiger partial charge in [0.15, 0.2) is 0 Å². The molecular weight excluding hydrogens is 348 g/mol. The minimum atomic E-state index is 0.337. The molecule has 1 heterocycles. The normalized spacial score (nSPS) is 11.0. The van der Waals surface area contributed by atoms with Gasteiger partial charge in [-0.3, -0.25) is 0 Å². The van der Waals surface area contributed by atoms with Gasteiger partial charge in [-0.05, 0) is 37.1 Å². The van der Waals surface area contributed by atoms with Crippen molar-refractivity contribution in [2.75, 3.05) is 5.43 Å². The molecule has 2 rings (SSSR count). The van der Waals surface area contributed by atoms with E-state index in [9.17, 15) is 0 Å². The number of nitrogens with zero attached hydrogens (tertiary/aromatic N) is 2. The van der Waals surface area contributed by atoms with Crippen LogP contribution in [0.15, 0.2) is 33.6 Å². The van der Waals surface area contributed by atoms with Gasteiger partial charge in [-0.2, -0.15) is 0 Å². The smallest absolute Gasteiger partial charge is 0.147 e. The van der Waals surface area contributed by atoms with Crippen LogP contribution in [0.2, 0.25) is 0 Å². The van der Waals surface area contributed by atoms with Crippen molar-refractivity contribution in [1.29, 1.82) is 0 Å². The summed E-state index contributed by atoms with van der Waals surface area (Å²) in [5, 5.41) is 0. The van der Waals surface area contributed by atoms with E-state index in [1.165, 1.54) is 4.90 Å². The van der Waals surface area contributed by atoms with Crippen LogP contribution in [0.3, 0.4) is 0 Å². The van der Waals surface area contributed by atoms with Gasteiger partial charge < -0.3 is 5.43 Å². The standard InChI is InChI=1S/C15H19BrN4S/c1-9(2)14-10(3)18-13(19-15(14)20-17)8-21-12-6-4-11(16)5-7-12/h4-7,9H,8,17H2,1-3H3,(H,18,19,20). The molecule has 0 aliphatic heterocycles. The number of halogens is 1. The number of benzene rings is 1. The van der Waals surface area contributed by atoms with Gasteiger partial charge in [0.25, 0.3) is 0 Å². The molecule has 112 valence electrons. The predicted molar refractivity (Wildman–Crippen MR) is 92.4 cm³/mol. The molecule has 0 radical (unpaired) electrons. The Balaban J connectivity index is 2.17. The quantitative estimate of drug-likeness (QED) is 0.470. The highest BCUT2D eigenvalue weighted by atomic mass is 79.9. The van der Waals surface area contributed by atoms with E-state index in [4.69, 9.17) is 5.84 Å². The third kappa shape index (κ3) is 4.18. The van der Waals surface area contributed by atoms with Crippen molar-refractivity contribution in [3.8, 4) is 0 Å². The summed E-state index contributed by atoms with van der Waals surface area (Å²) in [6, 6.07) is 8.21. The van der Waals surface area contributed by atoms with Crippen molar-refractivity contribution in [2.45, 2.75) is 37.3 Å². The van der Waals surface area contributed by atoms with Crippen LogP contribution < -0.4 is 11.3 Å². The number of thioether (sulfide) groups is 1. The Morgan fingerprint density at radius 2 is 1.90 bits per heavy atom. The second-order valence-electron chi connectivity index (χ2n) is 5.03. The van der Waals surface area contributed by atoms with E-state index in [1.807, 2.05) is 19.1 Å². The first-order valence-electron chi connectivity index (χ1n) is 6.73. The number of aromatic nitrogens is 2. The van der Waals surface area contributed by atoms with E-state index in [0.717, 1.165) is 33.1 Å². The number of hydrazine groups is 1. The minimum Gasteiger partial charge on any atom is -0.308 e. The third-order valence-corrected chi connectivity index (χ3v) is 4.61. The number of aryl methyl sites for hydroxylation is 1. The van der Waals surface area contributed by atoms with Crippen LogP contribution in [0.4, 0.5) is 5.82 Å². The molecule has 0 saturated heterocycles. The van der Waals surface area contributed by atoms with Gasteiger partial charge in [0, 0.05) is 20.6 Å². The van der Waals surface area contributed by atoms with E-state index in [1.54, 1.807) is 11.8 Å². The van der Waals surface area contributed by atoms with Crippen LogP contribution in [0.5, 0.6) is 0 Å². The first-order chi connectivity index (χ1) is 10.0. The van der Waals surface area contributed by atoms with Gasteiger partial charge in [-0.15, -0.1) is 11.8 Å². The molecule has 0 fully saturated rings. The first-order valence-corrected chi connectivity index (χ1v) is 8.51. The lowest BCUT2D eigenvalue weighted by molar-refractivity contribution is 0.818. The van der Waals surface area contributed by atoms with Crippen LogP contribution in [0, 0.1) is 6.92 Å². The van der Waals surface area contributed by atoms with Crippen LogP contribution >= 0.6 is 27.7 Å². The highest BCUT2D eigenvalue weighted by molar-refractivity contribution is 9.10. The second kappa shape index (κ2) is 7.24. The molecule has 0 bridgehead atoms. The fourth-order valence-electron chi connectivity index (χ4n) is 2.18. The summed E-state index contributed by atoms with van der Waals surface area (Å²) in [5.74, 6) is 8.17. The zero-order chi connectivity index (χ0) is 15.4. The third-order valence-electron chi connectivity index (χ3n) is 3.08. The SMILES string of the molecule is Cc1nc(CSc2ccc(Br)cc2)nc(NN)c1C(C)C. The number of nitrogens with one attached hydrogen (secondary N) is 1. The monoisotopic (exact) mass is 366 g/mol. The Bertz CT molecular complexity index is 614. The number of nitrogen functional groups attached to an aromatic ring is 1. The molecule has 0 aliphatic rings. The molecular formula is C15H19BrN4S. The van der Waals surface area contributed by atoms with Gasteiger partial charge in [-0.1, -0.05) is 29.8 Å². The maximum absolute atomic E-state index is 5.60. The summed E-state index contributed by atoms with van der Waals surface area (Å²) in [6.07, 6.45) is 0. The highest BCUT2D eigenvalue weighted by Gasteiger charge is 2.14. The lowest BCUT2D eigenvalue weighted by Crippen LogP contribution is -2.15. The van der Waals surface area contributed by atoms with Gasteiger partial charge in [-0.25, -0.2) is 15.8 Å². The number of anilines is 1. The second-order valence-corrected chi connectivity index (χ2v) is 6.99. The number of rotatable bonds is 5. The van der Waals surface area contributed by atoms with Crippen molar-refractivity contribution in [1.82, 2.24) is 9.97 Å². The van der Waals surface area contributed by atoms with Gasteiger partial charge in [0.2, 0.25) is 0 Å². The summed E-state index contributed by atoms with van der Waals surface area (Å²) < 4.78 is 1.08. The Kier molecular flexibility index (Phi) is 5.61. The molecule has 0 unspecified atom stereocenters. The van der Waals surface area contributed by atoms with E-state index in [-0.39, 0.29) is 0 Å². The summed E-state index contributed by atoms with van der Waals surface area (Å²) in [6.45, 7) is 6.23. The van der Waals surface area contributed by atoms with E-state index >= 15 is 0 Å². The topological polar surface area (TPSA) is 63.8 Å². The minimum absolute atomic E-state index is 0.337. The number of hydrogen-bond acceptors (Lipinski definition) is 5. The molecule has 0 amide bonds. The van der Waals surface area contributed by atoms with E-state index < -0.39 is 0 Å². The summed E-state index contributed by atoms with van der Waals surface area (Å²) in [4.78, 5) is 10.3. The summed E-state index contributed by atoms with van der Waals surface area (Å²) in [7, 11) is 0. The molecule has 0 spiro atoms. The number of nitrogens with two attached hydrogens (primary N) is 1. The largest absolute Gasteiger partial charge is 0.308 e. The predicted octanol–water partition coefficient (Wildman–Crippen LogP) is 4.25. The maximum Gasteiger partial charge on any atom is 0.147 e. The van der Waals surface area contributed by atoms with Crippen LogP contribution in [-0.2, 0) is 5.75 Å². The first kappa shape index (κ1) is 16.3. The van der Waals surface area contributed by atoms with Gasteiger partial charge >= 0.3 is 0 Å². The van der Waals surface area contributed by atoms with Crippen molar-refractivity contribution >= 4 is 33.5 Å². The summed E-state index contributed by atoms with van der Waals surface area (Å²) >= 11 is 5.15. The molecule has 21 heavy (non-hydrogen) atoms. The zero-order valence-corrected chi connectivity index (χ0v) is 14.8. The molecule has 0 atom stereocenters. The lowest BCUT2D eigenvalue weighted by atomic mass is 10.0. The molecule has 0 saturated carbocycles. The van der Waals surface area contributed by atoms with E-state index in [0.29, 0.717) is 5.92 Å². The van der Waals surface area contributed by atoms with Crippen LogP contribution in [-0.4, -0.2) is 9.97 Å². The molecule has 0 aliphatic carbocycles.